The summed E-state index contributed by atoms with van der Waals surface area (Å²) in [5.74, 6) is -2.80. The quantitative estimate of drug-likeness (QED) is 0.297. The first-order chi connectivity index (χ1) is 13.8. The van der Waals surface area contributed by atoms with E-state index in [-0.39, 0.29) is 33.4 Å². The Labute approximate surface area is 177 Å². The molecular weight excluding hydrogens is 512 g/mol. The Kier molecular flexibility index (Phi) is 3.94. The minimum Gasteiger partial charge on any atom is -0.507 e. The smallest absolute Gasteiger partial charge is 0.344 e. The summed E-state index contributed by atoms with van der Waals surface area (Å²) in [6.45, 7) is 0. The molecule has 9 heteroatoms. The van der Waals surface area contributed by atoms with Gasteiger partial charge in [0.2, 0.25) is 0 Å². The number of fused-ring (bicyclic) bond motifs is 4. The van der Waals surface area contributed by atoms with Gasteiger partial charge in [-0.05, 0) is 36.4 Å². The minimum atomic E-state index is -1.47. The molecular formula is C20H8Br2O7. The van der Waals surface area contributed by atoms with Crippen LogP contribution in [0.25, 0.3) is 21.9 Å². The second-order valence-electron chi connectivity index (χ2n) is 6.42. The van der Waals surface area contributed by atoms with Crippen LogP contribution in [-0.4, -0.2) is 11.1 Å². The van der Waals surface area contributed by atoms with Crippen molar-refractivity contribution in [2.45, 2.75) is 5.92 Å². The normalized spacial score (nSPS) is 15.7. The molecule has 3 heterocycles. The Hall–Kier alpha value is -2.91. The first-order valence-corrected chi connectivity index (χ1v) is 9.87. The monoisotopic (exact) mass is 518 g/mol. The van der Waals surface area contributed by atoms with Gasteiger partial charge in [-0.15, -0.1) is 0 Å². The number of aromatic hydroxyl groups is 1. The molecule has 29 heavy (non-hydrogen) atoms. The number of carbonyl (C=O) groups is 1. The molecule has 0 saturated carbocycles. The van der Waals surface area contributed by atoms with Crippen molar-refractivity contribution in [2.24, 2.45) is 0 Å². The number of ether oxygens (including phenoxy) is 1. The maximum atomic E-state index is 12.7. The van der Waals surface area contributed by atoms with Crippen LogP contribution in [0.5, 0.6) is 11.5 Å². The Morgan fingerprint density at radius 2 is 1.34 bits per heavy atom. The first kappa shape index (κ1) is 18.1. The zero-order chi connectivity index (χ0) is 20.4. The van der Waals surface area contributed by atoms with Gasteiger partial charge in [0.1, 0.15) is 28.4 Å². The van der Waals surface area contributed by atoms with Crippen LogP contribution in [0.15, 0.2) is 63.8 Å². The van der Waals surface area contributed by atoms with E-state index in [0.717, 1.165) is 0 Å². The maximum absolute atomic E-state index is 12.7. The fourth-order valence-corrected chi connectivity index (χ4v) is 4.21. The van der Waals surface area contributed by atoms with Crippen LogP contribution in [0.2, 0.25) is 0 Å². The third-order valence-corrected chi connectivity index (χ3v) is 5.73. The highest BCUT2D eigenvalue weighted by atomic mass is 79.9. The third-order valence-electron chi connectivity index (χ3n) is 4.74. The molecule has 0 radical (unpaired) electrons. The van der Waals surface area contributed by atoms with E-state index in [9.17, 15) is 19.5 Å². The number of benzene rings is 2. The first-order valence-electron chi connectivity index (χ1n) is 8.28. The molecule has 0 amide bonds. The number of hydrogen-bond donors (Lipinski definition) is 1. The van der Waals surface area contributed by atoms with Gasteiger partial charge in [-0.25, -0.2) is 9.59 Å². The lowest BCUT2D eigenvalue weighted by Crippen LogP contribution is -2.22. The largest absolute Gasteiger partial charge is 0.507 e. The lowest BCUT2D eigenvalue weighted by molar-refractivity contribution is -0.133. The summed E-state index contributed by atoms with van der Waals surface area (Å²) in [4.78, 5) is 38.0. The van der Waals surface area contributed by atoms with E-state index in [0.29, 0.717) is 14.3 Å². The summed E-state index contributed by atoms with van der Waals surface area (Å²) in [5.41, 5.74) is -1.94. The highest BCUT2D eigenvalue weighted by Gasteiger charge is 2.43. The van der Waals surface area contributed by atoms with Crippen molar-refractivity contribution in [1.29, 1.82) is 0 Å². The highest BCUT2D eigenvalue weighted by molar-refractivity contribution is 9.10. The van der Waals surface area contributed by atoms with Crippen LogP contribution in [0.1, 0.15) is 17.0 Å². The topological polar surface area (TPSA) is 107 Å². The van der Waals surface area contributed by atoms with E-state index in [1.54, 1.807) is 24.3 Å². The van der Waals surface area contributed by atoms with Crippen molar-refractivity contribution in [3.8, 4) is 11.5 Å². The number of rotatable bonds is 1. The lowest BCUT2D eigenvalue weighted by atomic mass is 9.92. The SMILES string of the molecule is O=C1Oc2c(c(=O)oc3ccc(Br)cc23)C1c1c(O)c2cc(Br)ccc2oc1=O. The molecule has 0 saturated heterocycles. The van der Waals surface area contributed by atoms with Crippen LogP contribution in [-0.2, 0) is 4.79 Å². The molecule has 0 spiro atoms. The average molecular weight is 520 g/mol. The summed E-state index contributed by atoms with van der Waals surface area (Å²) < 4.78 is 17.2. The van der Waals surface area contributed by atoms with E-state index >= 15 is 0 Å². The highest BCUT2D eigenvalue weighted by Crippen LogP contribution is 2.44. The van der Waals surface area contributed by atoms with E-state index in [4.69, 9.17) is 13.6 Å². The van der Waals surface area contributed by atoms with Gasteiger partial charge >= 0.3 is 17.2 Å². The second kappa shape index (κ2) is 6.30. The summed E-state index contributed by atoms with van der Waals surface area (Å²) >= 11 is 6.61. The molecule has 1 N–H and O–H groups in total. The van der Waals surface area contributed by atoms with Crippen LogP contribution in [0, 0.1) is 0 Å². The Bertz CT molecular complexity index is 1480. The predicted molar refractivity (Wildman–Crippen MR) is 110 cm³/mol. The zero-order valence-electron chi connectivity index (χ0n) is 14.2. The molecule has 2 aromatic carbocycles. The van der Waals surface area contributed by atoms with E-state index in [1.165, 1.54) is 12.1 Å². The van der Waals surface area contributed by atoms with Crippen molar-refractivity contribution in [2.75, 3.05) is 0 Å². The van der Waals surface area contributed by atoms with Gasteiger partial charge in [-0.2, -0.15) is 0 Å². The van der Waals surface area contributed by atoms with Crippen molar-refractivity contribution in [3.63, 3.8) is 0 Å². The molecule has 1 unspecified atom stereocenters. The molecule has 0 fully saturated rings. The number of halogens is 2. The van der Waals surface area contributed by atoms with Crippen molar-refractivity contribution < 1.29 is 23.5 Å². The standard InChI is InChI=1S/C20H8Br2O7/c21-7-1-3-11-9(5-7)16(23)14(19(25)27-11)13-15-17(29-18(13)24)10-6-8(22)2-4-12(10)28-20(15)26/h1-6,13,23H. The fraction of sp³-hybridized carbons (Fsp3) is 0.0500. The Morgan fingerprint density at radius 1 is 0.793 bits per heavy atom. The molecule has 1 atom stereocenters. The van der Waals surface area contributed by atoms with Crippen LogP contribution in [0.4, 0.5) is 0 Å². The maximum Gasteiger partial charge on any atom is 0.344 e. The molecule has 144 valence electrons. The fourth-order valence-electron chi connectivity index (χ4n) is 3.49. The van der Waals surface area contributed by atoms with Crippen LogP contribution >= 0.6 is 31.9 Å². The van der Waals surface area contributed by atoms with Gasteiger partial charge in [0.05, 0.1) is 16.3 Å². The zero-order valence-corrected chi connectivity index (χ0v) is 17.4. The summed E-state index contributed by atoms with van der Waals surface area (Å²) in [6, 6.07) is 9.55. The molecule has 5 rings (SSSR count). The van der Waals surface area contributed by atoms with E-state index in [2.05, 4.69) is 31.9 Å². The van der Waals surface area contributed by atoms with Crippen molar-refractivity contribution in [3.05, 3.63) is 77.3 Å². The molecule has 7 nitrogen and oxygen atoms in total. The van der Waals surface area contributed by atoms with Crippen molar-refractivity contribution in [1.82, 2.24) is 0 Å². The third kappa shape index (κ3) is 2.65. The van der Waals surface area contributed by atoms with Gasteiger partial charge in [-0.1, -0.05) is 31.9 Å². The van der Waals surface area contributed by atoms with Crippen LogP contribution in [0.3, 0.4) is 0 Å². The van der Waals surface area contributed by atoms with Gasteiger partial charge < -0.3 is 18.7 Å². The summed E-state index contributed by atoms with van der Waals surface area (Å²) in [6.07, 6.45) is 0. The summed E-state index contributed by atoms with van der Waals surface area (Å²) in [5, 5.41) is 11.4. The van der Waals surface area contributed by atoms with Gasteiger partial charge in [0.15, 0.2) is 5.75 Å². The predicted octanol–water partition coefficient (Wildman–Crippen LogP) is 4.18. The second-order valence-corrected chi connectivity index (χ2v) is 8.25. The molecule has 1 aliphatic heterocycles. The van der Waals surface area contributed by atoms with E-state index in [1.807, 2.05) is 0 Å². The van der Waals surface area contributed by atoms with E-state index < -0.39 is 28.9 Å². The summed E-state index contributed by atoms with van der Waals surface area (Å²) in [7, 11) is 0. The molecule has 1 aliphatic rings. The lowest BCUT2D eigenvalue weighted by Gasteiger charge is -2.10. The Balaban J connectivity index is 1.85. The molecule has 4 aromatic rings. The average Bonchev–Trinajstić information content (AvgIpc) is 3.01. The molecule has 0 aliphatic carbocycles. The van der Waals surface area contributed by atoms with Gasteiger partial charge in [-0.3, -0.25) is 4.79 Å². The van der Waals surface area contributed by atoms with Gasteiger partial charge in [0, 0.05) is 8.95 Å². The molecule has 2 aromatic heterocycles. The minimum absolute atomic E-state index is 0.000638. The number of hydrogen-bond acceptors (Lipinski definition) is 7. The molecule has 0 bridgehead atoms. The Morgan fingerprint density at radius 3 is 2.00 bits per heavy atom. The van der Waals surface area contributed by atoms with Crippen LogP contribution < -0.4 is 16.0 Å². The number of carbonyl (C=O) groups excluding carboxylic acids is 1. The van der Waals surface area contributed by atoms with Gasteiger partial charge in [0.25, 0.3) is 0 Å². The number of esters is 1. The van der Waals surface area contributed by atoms with Crippen molar-refractivity contribution >= 4 is 59.8 Å².